The van der Waals surface area contributed by atoms with Crippen molar-refractivity contribution in [3.8, 4) is 0 Å². The monoisotopic (exact) mass is 374 g/mol. The van der Waals surface area contributed by atoms with Crippen LogP contribution in [-0.2, 0) is 9.53 Å². The van der Waals surface area contributed by atoms with Crippen molar-refractivity contribution >= 4 is 5.97 Å². The van der Waals surface area contributed by atoms with Gasteiger partial charge in [0.1, 0.15) is 0 Å². The van der Waals surface area contributed by atoms with E-state index in [0.717, 1.165) is 51.4 Å². The van der Waals surface area contributed by atoms with E-state index in [1.165, 1.54) is 16.7 Å². The number of carbonyl (C=O) groups is 1. The Kier molecular flexibility index (Phi) is 11.0. The highest BCUT2D eigenvalue weighted by Crippen LogP contribution is 2.26. The molecule has 3 nitrogen and oxygen atoms in total. The van der Waals surface area contributed by atoms with Crippen molar-refractivity contribution in [2.75, 3.05) is 6.61 Å². The molecule has 2 atom stereocenters. The van der Waals surface area contributed by atoms with Crippen molar-refractivity contribution in [1.82, 2.24) is 0 Å². The molecule has 1 fully saturated rings. The summed E-state index contributed by atoms with van der Waals surface area (Å²) in [4.78, 5) is 10.9. The third-order valence-electron chi connectivity index (χ3n) is 5.22. The van der Waals surface area contributed by atoms with Gasteiger partial charge in [-0.05, 0) is 85.0 Å². The van der Waals surface area contributed by atoms with Gasteiger partial charge in [-0.3, -0.25) is 0 Å². The van der Waals surface area contributed by atoms with E-state index < -0.39 is 5.97 Å². The zero-order valence-corrected chi connectivity index (χ0v) is 17.7. The van der Waals surface area contributed by atoms with Crippen LogP contribution >= 0.6 is 0 Å². The summed E-state index contributed by atoms with van der Waals surface area (Å²) >= 11 is 0. The van der Waals surface area contributed by atoms with Gasteiger partial charge in [0.05, 0.1) is 18.3 Å². The summed E-state index contributed by atoms with van der Waals surface area (Å²) in [6, 6.07) is 0. The van der Waals surface area contributed by atoms with Crippen molar-refractivity contribution in [2.45, 2.75) is 85.2 Å². The van der Waals surface area contributed by atoms with Gasteiger partial charge in [0, 0.05) is 0 Å². The van der Waals surface area contributed by atoms with Crippen LogP contribution in [0.3, 0.4) is 0 Å². The Morgan fingerprint density at radius 3 is 2.11 bits per heavy atom. The molecule has 0 aromatic heterocycles. The molecule has 1 N–H and O–H groups in total. The molecule has 1 aliphatic heterocycles. The minimum atomic E-state index is -0.946. The summed E-state index contributed by atoms with van der Waals surface area (Å²) in [5, 5.41) is 8.98. The molecule has 1 aliphatic rings. The second-order valence-corrected chi connectivity index (χ2v) is 8.13. The summed E-state index contributed by atoms with van der Waals surface area (Å²) < 4.78 is 5.70. The topological polar surface area (TPSA) is 46.5 Å². The van der Waals surface area contributed by atoms with Crippen molar-refractivity contribution in [1.29, 1.82) is 0 Å². The van der Waals surface area contributed by atoms with E-state index in [9.17, 15) is 4.79 Å². The molecule has 0 bridgehead atoms. The summed E-state index contributed by atoms with van der Waals surface area (Å²) in [5.41, 5.74) is 4.52. The van der Waals surface area contributed by atoms with Crippen molar-refractivity contribution < 1.29 is 14.6 Å². The van der Waals surface area contributed by atoms with Crippen molar-refractivity contribution in [2.24, 2.45) is 5.92 Å². The predicted molar refractivity (Wildman–Crippen MR) is 114 cm³/mol. The van der Waals surface area contributed by atoms with Gasteiger partial charge in [-0.25, -0.2) is 4.79 Å². The second-order valence-electron chi connectivity index (χ2n) is 8.13. The van der Waals surface area contributed by atoms with Gasteiger partial charge in [0.25, 0.3) is 0 Å². The summed E-state index contributed by atoms with van der Waals surface area (Å²) in [5.74, 6) is -0.414. The molecule has 3 heteroatoms. The minimum Gasteiger partial charge on any atom is -0.478 e. The highest BCUT2D eigenvalue weighted by molar-refractivity contribution is 5.86. The van der Waals surface area contributed by atoms with Gasteiger partial charge in [0.2, 0.25) is 0 Å². The Morgan fingerprint density at radius 2 is 1.59 bits per heavy atom. The number of rotatable bonds is 11. The van der Waals surface area contributed by atoms with Gasteiger partial charge in [-0.15, -0.1) is 0 Å². The molecular formula is C24H38O3. The lowest BCUT2D eigenvalue weighted by Gasteiger charge is -2.28. The minimum absolute atomic E-state index is 0.188. The second kappa shape index (κ2) is 12.7. The average molecular weight is 375 g/mol. The summed E-state index contributed by atoms with van der Waals surface area (Å²) in [6.45, 7) is 13.0. The quantitative estimate of drug-likeness (QED) is 0.326. The number of aliphatic carboxylic acids is 1. The number of carboxylic acid groups (broad SMARTS) is 1. The third-order valence-corrected chi connectivity index (χ3v) is 5.22. The van der Waals surface area contributed by atoms with E-state index in [1.807, 2.05) is 0 Å². The van der Waals surface area contributed by atoms with Crippen molar-refractivity contribution in [3.63, 3.8) is 0 Å². The molecule has 0 saturated carbocycles. The van der Waals surface area contributed by atoms with Crippen LogP contribution < -0.4 is 0 Å². The van der Waals surface area contributed by atoms with Gasteiger partial charge < -0.3 is 9.84 Å². The number of carboxylic acids is 1. The molecule has 1 saturated heterocycles. The van der Waals surface area contributed by atoms with Crippen LogP contribution in [0.25, 0.3) is 0 Å². The number of ether oxygens (including phenoxy) is 1. The first-order valence-corrected chi connectivity index (χ1v) is 10.3. The lowest BCUT2D eigenvalue weighted by atomic mass is 9.91. The SMILES string of the molecule is C=C(C(=O)O)C1CCC(CCC=C(C)CCC=C(C)CCC=C(C)C)CO1. The highest BCUT2D eigenvalue weighted by Gasteiger charge is 2.26. The Bertz CT molecular complexity index is 568. The molecular weight excluding hydrogens is 336 g/mol. The maximum absolute atomic E-state index is 10.9. The van der Waals surface area contributed by atoms with Crippen LogP contribution in [0.2, 0.25) is 0 Å². The number of hydrogen-bond acceptors (Lipinski definition) is 2. The molecule has 0 aliphatic carbocycles. The van der Waals surface area contributed by atoms with Gasteiger partial charge in [-0.1, -0.05) is 41.5 Å². The molecule has 0 aromatic rings. The lowest BCUT2D eigenvalue weighted by Crippen LogP contribution is -2.29. The third kappa shape index (κ3) is 10.3. The lowest BCUT2D eigenvalue weighted by molar-refractivity contribution is -0.134. The molecule has 152 valence electrons. The predicted octanol–water partition coefficient (Wildman–Crippen LogP) is 6.62. The number of hydrogen-bond donors (Lipinski definition) is 1. The fourth-order valence-corrected chi connectivity index (χ4v) is 3.35. The van der Waals surface area contributed by atoms with E-state index in [0.29, 0.717) is 12.5 Å². The Morgan fingerprint density at radius 1 is 1.00 bits per heavy atom. The molecule has 0 amide bonds. The first-order valence-electron chi connectivity index (χ1n) is 10.3. The van der Waals surface area contributed by atoms with Crippen LogP contribution in [0.5, 0.6) is 0 Å². The van der Waals surface area contributed by atoms with Crippen LogP contribution in [0.1, 0.15) is 79.1 Å². The maximum Gasteiger partial charge on any atom is 0.333 e. The van der Waals surface area contributed by atoms with E-state index >= 15 is 0 Å². The maximum atomic E-state index is 10.9. The summed E-state index contributed by atoms with van der Waals surface area (Å²) in [7, 11) is 0. The zero-order valence-electron chi connectivity index (χ0n) is 17.7. The Hall–Kier alpha value is -1.61. The van der Waals surface area contributed by atoms with E-state index in [2.05, 4.69) is 52.5 Å². The van der Waals surface area contributed by atoms with Crippen molar-refractivity contribution in [3.05, 3.63) is 47.1 Å². The standard InChI is InChI=1S/C24H38O3/c1-18(2)9-6-10-19(3)11-7-12-20(4)13-8-14-22-15-16-23(27-17-22)21(5)24(25)26/h9,11,13,22-23H,5-8,10,12,14-17H2,1-4H3,(H,25,26). The largest absolute Gasteiger partial charge is 0.478 e. The highest BCUT2D eigenvalue weighted by atomic mass is 16.5. The summed E-state index contributed by atoms with van der Waals surface area (Å²) in [6.07, 6.45) is 15.3. The Labute approximate surface area is 165 Å². The Balaban J connectivity index is 2.21. The molecule has 0 spiro atoms. The van der Waals surface area contributed by atoms with Crippen LogP contribution in [0.15, 0.2) is 47.1 Å². The molecule has 1 rings (SSSR count). The first kappa shape index (κ1) is 23.4. The molecule has 0 radical (unpaired) electrons. The average Bonchev–Trinajstić information content (AvgIpc) is 2.61. The van der Waals surface area contributed by atoms with Gasteiger partial charge >= 0.3 is 5.97 Å². The van der Waals surface area contributed by atoms with Gasteiger partial charge in [0.15, 0.2) is 0 Å². The molecule has 1 heterocycles. The number of allylic oxidation sites excluding steroid dienone is 6. The van der Waals surface area contributed by atoms with E-state index in [1.54, 1.807) is 0 Å². The smallest absolute Gasteiger partial charge is 0.333 e. The van der Waals surface area contributed by atoms with E-state index in [-0.39, 0.29) is 11.7 Å². The first-order chi connectivity index (χ1) is 12.8. The van der Waals surface area contributed by atoms with Crippen LogP contribution in [0.4, 0.5) is 0 Å². The van der Waals surface area contributed by atoms with Crippen LogP contribution in [-0.4, -0.2) is 23.8 Å². The fourth-order valence-electron chi connectivity index (χ4n) is 3.35. The normalized spacial score (nSPS) is 21.0. The van der Waals surface area contributed by atoms with E-state index in [4.69, 9.17) is 9.84 Å². The zero-order chi connectivity index (χ0) is 20.2. The van der Waals surface area contributed by atoms with Gasteiger partial charge in [-0.2, -0.15) is 0 Å². The molecule has 2 unspecified atom stereocenters. The molecule has 0 aromatic carbocycles. The molecule has 27 heavy (non-hydrogen) atoms. The fraction of sp³-hybridized carbons (Fsp3) is 0.625. The van der Waals surface area contributed by atoms with Crippen LogP contribution in [0, 0.1) is 5.92 Å².